The Kier molecular flexibility index (Phi) is 3.52. The van der Waals surface area contributed by atoms with Crippen molar-refractivity contribution in [2.24, 2.45) is 0 Å². The lowest BCUT2D eigenvalue weighted by molar-refractivity contribution is 0.337. The molecule has 3 rings (SSSR count). The topological polar surface area (TPSA) is 46.6 Å². The maximum absolute atomic E-state index is 12.9. The summed E-state index contributed by atoms with van der Waals surface area (Å²) in [5.41, 5.74) is 0. The van der Waals surface area contributed by atoms with E-state index in [0.717, 1.165) is 19.3 Å². The number of sulfonamides is 1. The van der Waals surface area contributed by atoms with E-state index < -0.39 is 10.0 Å². The van der Waals surface area contributed by atoms with E-state index >= 15 is 0 Å². The third-order valence-electron chi connectivity index (χ3n) is 3.93. The zero-order chi connectivity index (χ0) is 14.3. The van der Waals surface area contributed by atoms with Crippen LogP contribution < -0.4 is 4.74 Å². The van der Waals surface area contributed by atoms with Crippen LogP contribution in [0.25, 0.3) is 0 Å². The number of ether oxygens (including phenoxy) is 1. The Morgan fingerprint density at radius 3 is 2.85 bits per heavy atom. The number of nitrogens with zero attached hydrogens (tertiary/aromatic N) is 1. The highest BCUT2D eigenvalue weighted by Crippen LogP contribution is 2.39. The maximum atomic E-state index is 12.9. The third kappa shape index (κ3) is 2.14. The van der Waals surface area contributed by atoms with Crippen molar-refractivity contribution in [1.29, 1.82) is 0 Å². The summed E-state index contributed by atoms with van der Waals surface area (Å²) in [6, 6.07) is 4.70. The number of benzene rings is 1. The summed E-state index contributed by atoms with van der Waals surface area (Å²) in [6.45, 7) is 0. The normalized spacial score (nSPS) is 25.9. The molecule has 0 N–H and O–H groups in total. The predicted molar refractivity (Wildman–Crippen MR) is 77.6 cm³/mol. The van der Waals surface area contributed by atoms with Gasteiger partial charge in [0.25, 0.3) is 0 Å². The Morgan fingerprint density at radius 1 is 1.35 bits per heavy atom. The van der Waals surface area contributed by atoms with E-state index in [0.29, 0.717) is 10.8 Å². The minimum absolute atomic E-state index is 0.0394. The number of methoxy groups -OCH3 is 1. The summed E-state index contributed by atoms with van der Waals surface area (Å²) in [6.07, 6.45) is 6.61. The largest absolute Gasteiger partial charge is 0.495 e. The zero-order valence-corrected chi connectivity index (χ0v) is 12.7. The van der Waals surface area contributed by atoms with E-state index in [1.165, 1.54) is 13.2 Å². The molecule has 4 nitrogen and oxygen atoms in total. The van der Waals surface area contributed by atoms with E-state index in [-0.39, 0.29) is 17.0 Å². The van der Waals surface area contributed by atoms with Crippen LogP contribution in [-0.2, 0) is 10.0 Å². The maximum Gasteiger partial charge on any atom is 0.247 e. The highest BCUT2D eigenvalue weighted by molar-refractivity contribution is 7.89. The van der Waals surface area contributed by atoms with Crippen LogP contribution in [0.1, 0.15) is 19.3 Å². The molecule has 2 bridgehead atoms. The fraction of sp³-hybridized carbons (Fsp3) is 0.429. The molecule has 0 aromatic heterocycles. The smallest absolute Gasteiger partial charge is 0.247 e. The monoisotopic (exact) mass is 313 g/mol. The molecule has 2 atom stereocenters. The first kappa shape index (κ1) is 13.9. The van der Waals surface area contributed by atoms with Gasteiger partial charge in [0, 0.05) is 17.1 Å². The lowest BCUT2D eigenvalue weighted by Crippen LogP contribution is -2.42. The summed E-state index contributed by atoms with van der Waals surface area (Å²) in [5.74, 6) is 0.336. The van der Waals surface area contributed by atoms with E-state index in [1.54, 1.807) is 16.4 Å². The minimum Gasteiger partial charge on any atom is -0.495 e. The number of hydrogen-bond donors (Lipinski definition) is 0. The highest BCUT2D eigenvalue weighted by Gasteiger charge is 2.43. The Balaban J connectivity index is 2.09. The van der Waals surface area contributed by atoms with Crippen molar-refractivity contribution in [3.63, 3.8) is 0 Å². The fourth-order valence-electron chi connectivity index (χ4n) is 3.02. The molecule has 2 heterocycles. The Morgan fingerprint density at radius 2 is 2.15 bits per heavy atom. The molecule has 2 unspecified atom stereocenters. The van der Waals surface area contributed by atoms with Crippen molar-refractivity contribution in [2.45, 2.75) is 36.2 Å². The molecule has 0 spiro atoms. The summed E-state index contributed by atoms with van der Waals surface area (Å²) >= 11 is 5.95. The van der Waals surface area contributed by atoms with Gasteiger partial charge < -0.3 is 4.74 Å². The van der Waals surface area contributed by atoms with Gasteiger partial charge in [-0.05, 0) is 37.5 Å². The first-order valence-corrected chi connectivity index (χ1v) is 8.39. The van der Waals surface area contributed by atoms with Gasteiger partial charge in [-0.25, -0.2) is 8.42 Å². The Hall–Kier alpha value is -1.04. The standard InChI is InChI=1S/C14H16ClNO3S/c1-19-13-8-5-10(15)9-14(13)20(17,18)16-11-3-2-4-12(16)7-6-11/h2-3,5,8-9,11-12H,4,6-7H2,1H3. The molecule has 6 heteroatoms. The van der Waals surface area contributed by atoms with Gasteiger partial charge in [-0.3, -0.25) is 0 Å². The van der Waals surface area contributed by atoms with E-state index in [9.17, 15) is 8.42 Å². The lowest BCUT2D eigenvalue weighted by Gasteiger charge is -2.30. The van der Waals surface area contributed by atoms with Crippen molar-refractivity contribution >= 4 is 21.6 Å². The van der Waals surface area contributed by atoms with Gasteiger partial charge in [0.1, 0.15) is 10.6 Å². The first-order chi connectivity index (χ1) is 9.54. The molecule has 108 valence electrons. The van der Waals surface area contributed by atoms with Gasteiger partial charge in [0.05, 0.1) is 7.11 Å². The molecule has 0 saturated carbocycles. The summed E-state index contributed by atoms with van der Waals surface area (Å²) < 4.78 is 32.7. The van der Waals surface area contributed by atoms with Crippen LogP contribution in [0.15, 0.2) is 35.2 Å². The summed E-state index contributed by atoms with van der Waals surface area (Å²) in [7, 11) is -2.13. The van der Waals surface area contributed by atoms with Gasteiger partial charge >= 0.3 is 0 Å². The minimum atomic E-state index is -3.59. The van der Waals surface area contributed by atoms with Crippen LogP contribution >= 0.6 is 11.6 Å². The van der Waals surface area contributed by atoms with Crippen molar-refractivity contribution < 1.29 is 13.2 Å². The van der Waals surface area contributed by atoms with Crippen molar-refractivity contribution in [3.8, 4) is 5.75 Å². The zero-order valence-electron chi connectivity index (χ0n) is 11.1. The summed E-state index contributed by atoms with van der Waals surface area (Å²) in [5, 5.41) is 0.393. The molecule has 2 aliphatic heterocycles. The fourth-order valence-corrected chi connectivity index (χ4v) is 5.29. The van der Waals surface area contributed by atoms with Gasteiger partial charge in [-0.1, -0.05) is 23.8 Å². The average molecular weight is 314 g/mol. The number of hydrogen-bond acceptors (Lipinski definition) is 3. The molecule has 1 aromatic rings. The van der Waals surface area contributed by atoms with Crippen molar-refractivity contribution in [2.75, 3.05) is 7.11 Å². The lowest BCUT2D eigenvalue weighted by atomic mass is 10.2. The second-order valence-corrected chi connectivity index (χ2v) is 7.34. The van der Waals surface area contributed by atoms with E-state index in [4.69, 9.17) is 16.3 Å². The number of fused-ring (bicyclic) bond motifs is 2. The van der Waals surface area contributed by atoms with Gasteiger partial charge in [-0.2, -0.15) is 4.31 Å². The summed E-state index contributed by atoms with van der Waals surface area (Å²) in [4.78, 5) is 0.152. The van der Waals surface area contributed by atoms with Gasteiger partial charge in [0.15, 0.2) is 0 Å². The molecular formula is C14H16ClNO3S. The Labute approximate surface area is 124 Å². The van der Waals surface area contributed by atoms with Crippen LogP contribution in [0.2, 0.25) is 5.02 Å². The Bertz CT molecular complexity index is 656. The van der Waals surface area contributed by atoms with Gasteiger partial charge in [-0.15, -0.1) is 0 Å². The molecule has 20 heavy (non-hydrogen) atoms. The van der Waals surface area contributed by atoms with Crippen LogP contribution in [0.4, 0.5) is 0 Å². The highest BCUT2D eigenvalue weighted by atomic mass is 35.5. The van der Waals surface area contributed by atoms with Crippen molar-refractivity contribution in [3.05, 3.63) is 35.4 Å². The van der Waals surface area contributed by atoms with Crippen LogP contribution in [0.3, 0.4) is 0 Å². The molecule has 0 aliphatic carbocycles. The van der Waals surface area contributed by atoms with Crippen LogP contribution in [-0.4, -0.2) is 31.9 Å². The molecule has 1 fully saturated rings. The van der Waals surface area contributed by atoms with Crippen molar-refractivity contribution in [1.82, 2.24) is 4.31 Å². The SMILES string of the molecule is COc1ccc(Cl)cc1S(=O)(=O)N1C2C=CCC1CC2. The molecule has 2 aliphatic rings. The first-order valence-electron chi connectivity index (χ1n) is 6.58. The molecule has 0 radical (unpaired) electrons. The van der Waals surface area contributed by atoms with E-state index in [2.05, 4.69) is 6.08 Å². The number of halogens is 1. The van der Waals surface area contributed by atoms with Gasteiger partial charge in [0.2, 0.25) is 10.0 Å². The predicted octanol–water partition coefficient (Wildman–Crippen LogP) is 2.83. The molecular weight excluding hydrogens is 298 g/mol. The average Bonchev–Trinajstić information content (AvgIpc) is 2.70. The second kappa shape index (κ2) is 5.06. The third-order valence-corrected chi connectivity index (χ3v) is 6.16. The molecule has 1 saturated heterocycles. The number of rotatable bonds is 3. The van der Waals surface area contributed by atoms with Crippen LogP contribution in [0, 0.1) is 0 Å². The van der Waals surface area contributed by atoms with E-state index in [1.807, 2.05) is 6.08 Å². The molecule has 1 aromatic carbocycles. The van der Waals surface area contributed by atoms with Crippen LogP contribution in [0.5, 0.6) is 5.75 Å². The quantitative estimate of drug-likeness (QED) is 0.806. The molecule has 0 amide bonds. The second-order valence-electron chi connectivity index (χ2n) is 5.09.